The minimum Gasteiger partial charge on any atom is -0.455 e. The molecular weight excluding hydrogens is 428 g/mol. The van der Waals surface area contributed by atoms with Gasteiger partial charge in [0.1, 0.15) is 17.2 Å². The van der Waals surface area contributed by atoms with E-state index < -0.39 is 11.6 Å². The summed E-state index contributed by atoms with van der Waals surface area (Å²) in [6.45, 7) is 2.20. The molecule has 0 radical (unpaired) electrons. The Kier molecular flexibility index (Phi) is 6.22. The standard InChI is InChI=1S/C26H21F2NO4/c1-3-4-16-11-22-20(13-19(16)17-7-10-21(28)23(12-17)32-14-30)24(26(31)29-2)25(33-22)15-5-8-18(27)9-6-15/h5-14H,3-4H2,1-2H3,(H,29,31). The third kappa shape index (κ3) is 4.22. The highest BCUT2D eigenvalue weighted by atomic mass is 19.1. The molecule has 0 aliphatic carbocycles. The summed E-state index contributed by atoms with van der Waals surface area (Å²) in [7, 11) is 1.52. The van der Waals surface area contributed by atoms with Crippen molar-refractivity contribution in [1.29, 1.82) is 0 Å². The maximum absolute atomic E-state index is 14.0. The molecule has 0 aliphatic heterocycles. The molecule has 33 heavy (non-hydrogen) atoms. The summed E-state index contributed by atoms with van der Waals surface area (Å²) in [6.07, 6.45) is 1.54. The van der Waals surface area contributed by atoms with Gasteiger partial charge in [-0.2, -0.15) is 0 Å². The van der Waals surface area contributed by atoms with Gasteiger partial charge in [-0.3, -0.25) is 9.59 Å². The van der Waals surface area contributed by atoms with Crippen LogP contribution in [-0.4, -0.2) is 19.4 Å². The zero-order valence-electron chi connectivity index (χ0n) is 18.1. The van der Waals surface area contributed by atoms with Gasteiger partial charge < -0.3 is 14.5 Å². The molecule has 0 spiro atoms. The number of furan rings is 1. The number of benzene rings is 3. The Morgan fingerprint density at radius 2 is 1.79 bits per heavy atom. The summed E-state index contributed by atoms with van der Waals surface area (Å²) in [5, 5.41) is 3.19. The maximum atomic E-state index is 14.0. The monoisotopic (exact) mass is 449 g/mol. The van der Waals surface area contributed by atoms with E-state index in [2.05, 4.69) is 5.32 Å². The average Bonchev–Trinajstić information content (AvgIpc) is 3.18. The smallest absolute Gasteiger partial charge is 0.298 e. The summed E-state index contributed by atoms with van der Waals surface area (Å²) in [4.78, 5) is 23.6. The quantitative estimate of drug-likeness (QED) is 0.357. The summed E-state index contributed by atoms with van der Waals surface area (Å²) in [6, 6.07) is 13.7. The first kappa shape index (κ1) is 22.2. The maximum Gasteiger partial charge on any atom is 0.298 e. The van der Waals surface area contributed by atoms with E-state index in [1.165, 1.54) is 31.3 Å². The van der Waals surface area contributed by atoms with Crippen LogP contribution in [0.3, 0.4) is 0 Å². The highest BCUT2D eigenvalue weighted by Crippen LogP contribution is 2.39. The molecule has 0 saturated carbocycles. The Labute approximate surface area is 189 Å². The van der Waals surface area contributed by atoms with E-state index in [1.807, 2.05) is 19.1 Å². The number of hydrogen-bond donors (Lipinski definition) is 1. The fourth-order valence-electron chi connectivity index (χ4n) is 3.90. The molecule has 0 fully saturated rings. The van der Waals surface area contributed by atoms with Crippen LogP contribution in [0.15, 0.2) is 59.0 Å². The zero-order chi connectivity index (χ0) is 23.5. The Morgan fingerprint density at radius 3 is 2.45 bits per heavy atom. The number of amides is 1. The fourth-order valence-corrected chi connectivity index (χ4v) is 3.90. The molecule has 1 aromatic heterocycles. The number of hydrogen-bond acceptors (Lipinski definition) is 4. The van der Waals surface area contributed by atoms with E-state index in [1.54, 1.807) is 18.2 Å². The first-order chi connectivity index (χ1) is 16.0. The van der Waals surface area contributed by atoms with Crippen LogP contribution in [0.5, 0.6) is 5.75 Å². The van der Waals surface area contributed by atoms with Crippen molar-refractivity contribution in [1.82, 2.24) is 5.32 Å². The first-order valence-electron chi connectivity index (χ1n) is 10.4. The Bertz CT molecular complexity index is 1340. The van der Waals surface area contributed by atoms with Gasteiger partial charge in [-0.15, -0.1) is 0 Å². The van der Waals surface area contributed by atoms with Gasteiger partial charge in [0.2, 0.25) is 0 Å². The molecular formula is C26H21F2NO4. The van der Waals surface area contributed by atoms with Crippen LogP contribution < -0.4 is 10.1 Å². The molecule has 0 unspecified atom stereocenters. The van der Waals surface area contributed by atoms with Gasteiger partial charge in [0.15, 0.2) is 11.6 Å². The lowest BCUT2D eigenvalue weighted by Gasteiger charge is -2.11. The molecule has 5 nitrogen and oxygen atoms in total. The number of nitrogens with one attached hydrogen (secondary N) is 1. The lowest BCUT2D eigenvalue weighted by molar-refractivity contribution is -0.120. The van der Waals surface area contributed by atoms with Crippen molar-refractivity contribution in [3.8, 4) is 28.2 Å². The Hall–Kier alpha value is -4.00. The predicted octanol–water partition coefficient (Wildman–Crippen LogP) is 5.89. The van der Waals surface area contributed by atoms with Gasteiger partial charge in [-0.25, -0.2) is 8.78 Å². The van der Waals surface area contributed by atoms with Crippen molar-refractivity contribution in [2.24, 2.45) is 0 Å². The van der Waals surface area contributed by atoms with E-state index in [0.717, 1.165) is 17.5 Å². The van der Waals surface area contributed by atoms with Gasteiger partial charge in [0, 0.05) is 18.0 Å². The van der Waals surface area contributed by atoms with Gasteiger partial charge in [-0.1, -0.05) is 19.4 Å². The molecule has 0 atom stereocenters. The predicted molar refractivity (Wildman–Crippen MR) is 121 cm³/mol. The molecule has 3 aromatic carbocycles. The van der Waals surface area contributed by atoms with Gasteiger partial charge in [0.05, 0.1) is 5.56 Å². The van der Waals surface area contributed by atoms with E-state index in [0.29, 0.717) is 39.8 Å². The highest BCUT2D eigenvalue weighted by molar-refractivity contribution is 6.12. The fraction of sp³-hybridized carbons (Fsp3) is 0.154. The molecule has 4 aromatic rings. The topological polar surface area (TPSA) is 68.5 Å². The first-order valence-corrected chi connectivity index (χ1v) is 10.4. The molecule has 1 heterocycles. The second-order valence-corrected chi connectivity index (χ2v) is 7.51. The third-order valence-electron chi connectivity index (χ3n) is 5.41. The van der Waals surface area contributed by atoms with E-state index in [9.17, 15) is 18.4 Å². The SMILES string of the molecule is CCCc1cc2oc(-c3ccc(F)cc3)c(C(=O)NC)c2cc1-c1ccc(F)c(OC=O)c1. The normalized spacial score (nSPS) is 10.9. The minimum atomic E-state index is -0.656. The second-order valence-electron chi connectivity index (χ2n) is 7.51. The van der Waals surface area contributed by atoms with Crippen molar-refractivity contribution in [2.45, 2.75) is 19.8 Å². The third-order valence-corrected chi connectivity index (χ3v) is 5.41. The number of halogens is 2. The van der Waals surface area contributed by atoms with Crippen molar-refractivity contribution in [3.05, 3.63) is 77.4 Å². The molecule has 168 valence electrons. The van der Waals surface area contributed by atoms with Crippen LogP contribution in [0, 0.1) is 11.6 Å². The van der Waals surface area contributed by atoms with E-state index in [4.69, 9.17) is 9.15 Å². The van der Waals surface area contributed by atoms with Crippen LogP contribution in [-0.2, 0) is 11.2 Å². The van der Waals surface area contributed by atoms with Gasteiger partial charge in [-0.05, 0) is 71.6 Å². The van der Waals surface area contributed by atoms with Crippen LogP contribution in [0.2, 0.25) is 0 Å². The molecule has 1 amide bonds. The number of carbonyl (C=O) groups excluding carboxylic acids is 2. The summed E-state index contributed by atoms with van der Waals surface area (Å²) in [5.74, 6) is -1.26. The Morgan fingerprint density at radius 1 is 1.06 bits per heavy atom. The van der Waals surface area contributed by atoms with Crippen LogP contribution in [0.4, 0.5) is 8.78 Å². The summed E-state index contributed by atoms with van der Waals surface area (Å²) in [5.41, 5.74) is 3.70. The Balaban J connectivity index is 1.99. The minimum absolute atomic E-state index is 0.174. The van der Waals surface area contributed by atoms with E-state index >= 15 is 0 Å². The number of aryl methyl sites for hydroxylation is 1. The van der Waals surface area contributed by atoms with Crippen molar-refractivity contribution in [3.63, 3.8) is 0 Å². The zero-order valence-corrected chi connectivity index (χ0v) is 18.1. The summed E-state index contributed by atoms with van der Waals surface area (Å²) >= 11 is 0. The molecule has 0 bridgehead atoms. The lowest BCUT2D eigenvalue weighted by atomic mass is 9.93. The molecule has 7 heteroatoms. The van der Waals surface area contributed by atoms with Crippen LogP contribution in [0.25, 0.3) is 33.4 Å². The molecule has 4 rings (SSSR count). The van der Waals surface area contributed by atoms with Gasteiger partial charge >= 0.3 is 0 Å². The number of carbonyl (C=O) groups is 2. The molecule has 0 saturated heterocycles. The van der Waals surface area contributed by atoms with Crippen LogP contribution >= 0.6 is 0 Å². The number of rotatable bonds is 7. The molecule has 1 N–H and O–H groups in total. The summed E-state index contributed by atoms with van der Waals surface area (Å²) < 4.78 is 38.3. The van der Waals surface area contributed by atoms with Gasteiger partial charge in [0.25, 0.3) is 12.4 Å². The van der Waals surface area contributed by atoms with Crippen molar-refractivity contribution < 1.29 is 27.5 Å². The number of fused-ring (bicyclic) bond motifs is 1. The van der Waals surface area contributed by atoms with Crippen LogP contribution in [0.1, 0.15) is 29.3 Å². The van der Waals surface area contributed by atoms with Crippen molar-refractivity contribution in [2.75, 3.05) is 7.05 Å². The molecule has 0 aliphatic rings. The number of ether oxygens (including phenoxy) is 1. The highest BCUT2D eigenvalue weighted by Gasteiger charge is 2.23. The second kappa shape index (κ2) is 9.24. The van der Waals surface area contributed by atoms with E-state index in [-0.39, 0.29) is 18.1 Å². The lowest BCUT2D eigenvalue weighted by Crippen LogP contribution is -2.18. The van der Waals surface area contributed by atoms with Crippen molar-refractivity contribution >= 4 is 23.3 Å². The average molecular weight is 449 g/mol. The largest absolute Gasteiger partial charge is 0.455 e.